The normalized spacial score (nSPS) is 10.3. The number of rotatable bonds is 5. The van der Waals surface area contributed by atoms with Gasteiger partial charge < -0.3 is 0 Å². The number of anilines is 1. The quantitative estimate of drug-likeness (QED) is 0.613. The number of halogens is 1. The van der Waals surface area contributed by atoms with E-state index in [9.17, 15) is 10.1 Å². The lowest BCUT2D eigenvalue weighted by molar-refractivity contribution is -0.384. The minimum Gasteiger partial charge on any atom is -0.276 e. The van der Waals surface area contributed by atoms with E-state index in [1.165, 1.54) is 18.2 Å². The molecule has 0 aliphatic carbocycles. The molecular formula is C14H13BrN2O3. The summed E-state index contributed by atoms with van der Waals surface area (Å²) < 4.78 is 0.656. The third-order valence-corrected chi connectivity index (χ3v) is 3.29. The molecule has 0 saturated heterocycles. The van der Waals surface area contributed by atoms with Gasteiger partial charge in [0.05, 0.1) is 18.6 Å². The van der Waals surface area contributed by atoms with Gasteiger partial charge in [-0.1, -0.05) is 46.3 Å². The van der Waals surface area contributed by atoms with Gasteiger partial charge in [0.15, 0.2) is 0 Å². The molecule has 0 atom stereocenters. The lowest BCUT2D eigenvalue weighted by Crippen LogP contribution is -2.22. The molecule has 5 nitrogen and oxygen atoms in total. The molecule has 0 amide bonds. The highest BCUT2D eigenvalue weighted by molar-refractivity contribution is 9.10. The first kappa shape index (κ1) is 14.5. The van der Waals surface area contributed by atoms with Crippen LogP contribution < -0.4 is 5.06 Å². The largest absolute Gasteiger partial charge is 0.295 e. The van der Waals surface area contributed by atoms with E-state index in [2.05, 4.69) is 15.9 Å². The summed E-state index contributed by atoms with van der Waals surface area (Å²) in [5, 5.41) is 12.6. The highest BCUT2D eigenvalue weighted by Crippen LogP contribution is 2.32. The van der Waals surface area contributed by atoms with Crippen LogP contribution in [0.1, 0.15) is 5.56 Å². The van der Waals surface area contributed by atoms with Crippen LogP contribution in [0, 0.1) is 10.1 Å². The maximum Gasteiger partial charge on any atom is 0.295 e. The van der Waals surface area contributed by atoms with E-state index in [1.807, 2.05) is 30.3 Å². The SMILES string of the molecule is CON(Cc1ccccc1)c1ccc(Br)cc1[N+](=O)[O-]. The van der Waals surface area contributed by atoms with Crippen LogP contribution in [-0.4, -0.2) is 12.0 Å². The van der Waals surface area contributed by atoms with Crippen LogP contribution in [0.5, 0.6) is 0 Å². The van der Waals surface area contributed by atoms with Crippen molar-refractivity contribution in [3.8, 4) is 0 Å². The smallest absolute Gasteiger partial charge is 0.276 e. The monoisotopic (exact) mass is 336 g/mol. The second kappa shape index (κ2) is 6.49. The lowest BCUT2D eigenvalue weighted by atomic mass is 10.2. The molecule has 104 valence electrons. The summed E-state index contributed by atoms with van der Waals surface area (Å²) in [6, 6.07) is 14.5. The first-order valence-corrected chi connectivity index (χ1v) is 6.70. The Balaban J connectivity index is 2.34. The highest BCUT2D eigenvalue weighted by atomic mass is 79.9. The standard InChI is InChI=1S/C14H13BrN2O3/c1-20-16(10-11-5-3-2-4-6-11)13-8-7-12(15)9-14(13)17(18)19/h2-9H,10H2,1H3. The van der Waals surface area contributed by atoms with Crippen molar-refractivity contribution in [2.45, 2.75) is 6.54 Å². The second-order valence-corrected chi connectivity index (χ2v) is 5.01. The Morgan fingerprint density at radius 1 is 1.25 bits per heavy atom. The molecule has 0 heterocycles. The molecule has 0 radical (unpaired) electrons. The van der Waals surface area contributed by atoms with Gasteiger partial charge >= 0.3 is 0 Å². The molecule has 0 saturated carbocycles. The first-order chi connectivity index (χ1) is 9.61. The van der Waals surface area contributed by atoms with Crippen molar-refractivity contribution in [1.29, 1.82) is 0 Å². The number of nitro benzene ring substituents is 1. The third kappa shape index (κ3) is 3.34. The Labute approximate surface area is 125 Å². The molecule has 0 aromatic heterocycles. The van der Waals surface area contributed by atoms with Gasteiger partial charge in [0.2, 0.25) is 0 Å². The maximum absolute atomic E-state index is 11.1. The minimum atomic E-state index is -0.420. The summed E-state index contributed by atoms with van der Waals surface area (Å²) in [7, 11) is 1.49. The van der Waals surface area contributed by atoms with Crippen LogP contribution in [0.25, 0.3) is 0 Å². The molecule has 0 aliphatic rings. The fourth-order valence-corrected chi connectivity index (χ4v) is 2.20. The molecule has 2 aromatic rings. The van der Waals surface area contributed by atoms with Crippen LogP contribution >= 0.6 is 15.9 Å². The number of nitro groups is 1. The van der Waals surface area contributed by atoms with Crippen molar-refractivity contribution < 1.29 is 9.76 Å². The van der Waals surface area contributed by atoms with E-state index >= 15 is 0 Å². The van der Waals surface area contributed by atoms with E-state index in [0.717, 1.165) is 5.56 Å². The van der Waals surface area contributed by atoms with Gasteiger partial charge in [-0.3, -0.25) is 15.0 Å². The summed E-state index contributed by atoms with van der Waals surface area (Å²) in [4.78, 5) is 16.0. The van der Waals surface area contributed by atoms with Crippen LogP contribution in [-0.2, 0) is 11.4 Å². The van der Waals surface area contributed by atoms with Crippen molar-refractivity contribution in [3.05, 3.63) is 68.7 Å². The van der Waals surface area contributed by atoms with Crippen molar-refractivity contribution in [1.82, 2.24) is 0 Å². The van der Waals surface area contributed by atoms with Crippen molar-refractivity contribution in [2.24, 2.45) is 0 Å². The predicted octanol–water partition coefficient (Wildman–Crippen LogP) is 3.93. The maximum atomic E-state index is 11.1. The number of hydrogen-bond acceptors (Lipinski definition) is 4. The molecule has 0 aliphatic heterocycles. The van der Waals surface area contributed by atoms with Gasteiger partial charge in [-0.25, -0.2) is 5.06 Å². The lowest BCUT2D eigenvalue weighted by Gasteiger charge is -2.21. The zero-order valence-electron chi connectivity index (χ0n) is 10.8. The van der Waals surface area contributed by atoms with Gasteiger partial charge in [0, 0.05) is 10.5 Å². The second-order valence-electron chi connectivity index (χ2n) is 4.09. The van der Waals surface area contributed by atoms with Crippen molar-refractivity contribution in [2.75, 3.05) is 12.2 Å². The van der Waals surface area contributed by atoms with Crippen molar-refractivity contribution in [3.63, 3.8) is 0 Å². The summed E-state index contributed by atoms with van der Waals surface area (Å²) in [5.41, 5.74) is 1.42. The number of nitrogens with zero attached hydrogens (tertiary/aromatic N) is 2. The fraction of sp³-hybridized carbons (Fsp3) is 0.143. The molecule has 0 unspecified atom stereocenters. The van der Waals surface area contributed by atoms with Crippen LogP contribution in [0.3, 0.4) is 0 Å². The molecular weight excluding hydrogens is 324 g/mol. The first-order valence-electron chi connectivity index (χ1n) is 5.91. The molecule has 20 heavy (non-hydrogen) atoms. The minimum absolute atomic E-state index is 0.00263. The van der Waals surface area contributed by atoms with Crippen LogP contribution in [0.2, 0.25) is 0 Å². The summed E-state index contributed by atoms with van der Waals surface area (Å²) in [6.45, 7) is 0.430. The Kier molecular flexibility index (Phi) is 4.70. The van der Waals surface area contributed by atoms with Gasteiger partial charge in [0.1, 0.15) is 5.69 Å². The van der Waals surface area contributed by atoms with E-state index in [0.29, 0.717) is 16.7 Å². The van der Waals surface area contributed by atoms with Gasteiger partial charge in [-0.05, 0) is 17.7 Å². The molecule has 0 N–H and O–H groups in total. The fourth-order valence-electron chi connectivity index (χ4n) is 1.85. The molecule has 2 rings (SSSR count). The summed E-state index contributed by atoms with van der Waals surface area (Å²) in [6.07, 6.45) is 0. The Morgan fingerprint density at radius 3 is 2.55 bits per heavy atom. The van der Waals surface area contributed by atoms with Crippen LogP contribution in [0.4, 0.5) is 11.4 Å². The number of benzene rings is 2. The predicted molar refractivity (Wildman–Crippen MR) is 80.4 cm³/mol. The van der Waals surface area contributed by atoms with Crippen molar-refractivity contribution >= 4 is 27.3 Å². The summed E-state index contributed by atoms with van der Waals surface area (Å²) in [5.74, 6) is 0. The summed E-state index contributed by atoms with van der Waals surface area (Å²) >= 11 is 3.24. The zero-order chi connectivity index (χ0) is 14.5. The molecule has 0 spiro atoms. The Bertz CT molecular complexity index is 605. The van der Waals surface area contributed by atoms with Crippen LogP contribution in [0.15, 0.2) is 53.0 Å². The highest BCUT2D eigenvalue weighted by Gasteiger charge is 2.20. The van der Waals surface area contributed by atoms with E-state index in [1.54, 1.807) is 12.1 Å². The zero-order valence-corrected chi connectivity index (χ0v) is 12.4. The van der Waals surface area contributed by atoms with E-state index in [-0.39, 0.29) is 5.69 Å². The van der Waals surface area contributed by atoms with E-state index < -0.39 is 4.92 Å². The average molecular weight is 337 g/mol. The van der Waals surface area contributed by atoms with E-state index in [4.69, 9.17) is 4.84 Å². The Hall–Kier alpha value is -1.92. The van der Waals surface area contributed by atoms with Gasteiger partial charge in [-0.15, -0.1) is 0 Å². The number of hydroxylamine groups is 1. The number of hydrogen-bond donors (Lipinski definition) is 0. The topological polar surface area (TPSA) is 55.6 Å². The molecule has 0 fully saturated rings. The average Bonchev–Trinajstić information content (AvgIpc) is 2.46. The molecule has 2 aromatic carbocycles. The molecule has 6 heteroatoms. The third-order valence-electron chi connectivity index (χ3n) is 2.79. The van der Waals surface area contributed by atoms with Gasteiger partial charge in [0.25, 0.3) is 5.69 Å². The van der Waals surface area contributed by atoms with Gasteiger partial charge in [-0.2, -0.15) is 0 Å². The Morgan fingerprint density at radius 2 is 1.95 bits per heavy atom. The molecule has 0 bridgehead atoms.